The van der Waals surface area contributed by atoms with E-state index in [2.05, 4.69) is 20.9 Å². The van der Waals surface area contributed by atoms with Gasteiger partial charge in [0.2, 0.25) is 5.91 Å². The number of hydrogen-bond donors (Lipinski definition) is 6. The zero-order chi connectivity index (χ0) is 28.8. The van der Waals surface area contributed by atoms with Gasteiger partial charge in [-0.2, -0.15) is 0 Å². The molecule has 0 unspecified atom stereocenters. The molecule has 2 aliphatic rings. The number of aromatic carboxylic acids is 1. The predicted octanol–water partition coefficient (Wildman–Crippen LogP) is 2.49. The zero-order valence-corrected chi connectivity index (χ0v) is 22.2. The molecule has 4 rings (SSSR count). The predicted molar refractivity (Wildman–Crippen MR) is 153 cm³/mol. The summed E-state index contributed by atoms with van der Waals surface area (Å²) in [7, 11) is 3.42. The van der Waals surface area contributed by atoms with Crippen LogP contribution in [0.25, 0.3) is 33.4 Å². The number of carboxylic acid groups (broad SMARTS) is 1. The van der Waals surface area contributed by atoms with Crippen LogP contribution in [0.15, 0.2) is 68.8 Å². The lowest BCUT2D eigenvalue weighted by Crippen LogP contribution is -2.41. The Morgan fingerprint density at radius 3 is 2.55 bits per heavy atom. The minimum Gasteiger partial charge on any atom is -0.508 e. The second kappa shape index (κ2) is 12.3. The van der Waals surface area contributed by atoms with Gasteiger partial charge in [-0.05, 0) is 54.3 Å². The molecule has 2 aromatic carbocycles. The van der Waals surface area contributed by atoms with Crippen LogP contribution in [0, 0.1) is 0 Å². The lowest BCUT2D eigenvalue weighted by Gasteiger charge is -2.18. The molecule has 1 aliphatic heterocycles. The molecule has 0 saturated carbocycles. The summed E-state index contributed by atoms with van der Waals surface area (Å²) in [5, 5.41) is 29.4. The largest absolute Gasteiger partial charge is 0.508 e. The van der Waals surface area contributed by atoms with E-state index in [9.17, 15) is 24.6 Å². The molecule has 0 aromatic heterocycles. The molecule has 2 aromatic rings. The minimum atomic E-state index is -1.16. The molecule has 0 spiro atoms. The Labute approximate surface area is 230 Å². The maximum atomic E-state index is 12.5. The van der Waals surface area contributed by atoms with E-state index < -0.39 is 12.0 Å². The Bertz CT molecular complexity index is 1610. The number of amides is 1. The van der Waals surface area contributed by atoms with Gasteiger partial charge in [-0.25, -0.2) is 4.79 Å². The number of hydrogen-bond acceptors (Lipinski definition) is 7. The summed E-state index contributed by atoms with van der Waals surface area (Å²) in [5.41, 5.74) is 8.16. The molecule has 1 amide bonds. The Balaban J connectivity index is 1.57. The fraction of sp³-hybridized carbons (Fsp3) is 0.241. The highest BCUT2D eigenvalue weighted by Crippen LogP contribution is 2.42. The Kier molecular flexibility index (Phi) is 8.65. The average molecular weight is 546 g/mol. The van der Waals surface area contributed by atoms with Gasteiger partial charge >= 0.3 is 5.97 Å². The number of nitrogens with one attached hydrogen (secondary N) is 3. The SMILES string of the molecule is CN=C(NC)NCCC[C@H](N)C(=O)NCc1ccc(-c2c3ccc(=O)cc-3oc3cc(O)ccc23)c(C(=O)O)c1. The summed E-state index contributed by atoms with van der Waals surface area (Å²) < 4.78 is 5.86. The first-order chi connectivity index (χ1) is 19.2. The number of aromatic hydroxyl groups is 1. The first-order valence-corrected chi connectivity index (χ1v) is 12.7. The second-order valence-electron chi connectivity index (χ2n) is 9.22. The Morgan fingerprint density at radius 2 is 1.82 bits per heavy atom. The third kappa shape index (κ3) is 6.21. The quantitative estimate of drug-likeness (QED) is 0.0797. The van der Waals surface area contributed by atoms with E-state index in [1.165, 1.54) is 30.3 Å². The van der Waals surface area contributed by atoms with Crippen molar-refractivity contribution in [2.24, 2.45) is 10.7 Å². The Hall–Kier alpha value is -4.90. The van der Waals surface area contributed by atoms with Gasteiger partial charge in [-0.15, -0.1) is 0 Å². The normalized spacial score (nSPS) is 12.3. The van der Waals surface area contributed by atoms with Crippen LogP contribution in [-0.2, 0) is 11.3 Å². The van der Waals surface area contributed by atoms with Crippen LogP contribution in [0.3, 0.4) is 0 Å². The van der Waals surface area contributed by atoms with Gasteiger partial charge in [0.1, 0.15) is 17.1 Å². The van der Waals surface area contributed by atoms with Crippen molar-refractivity contribution < 1.29 is 24.2 Å². The zero-order valence-electron chi connectivity index (χ0n) is 22.2. The fourth-order valence-corrected chi connectivity index (χ4v) is 4.51. The first kappa shape index (κ1) is 28.1. The standard InChI is InChI=1S/C29H31N5O6/c1-31-29(32-2)33-11-3-4-23(30)27(37)34-15-16-5-8-19(22(12-16)28(38)39)26-20-9-6-17(35)13-24(20)40-25-14-18(36)7-10-21(25)26/h5-10,12-14,23,35H,3-4,11,15,30H2,1-2H3,(H,34,37)(H,38,39)(H2,31,32,33)/t23-/m0/s1. The molecule has 1 heterocycles. The molecule has 0 saturated heterocycles. The molecular weight excluding hydrogens is 514 g/mol. The summed E-state index contributed by atoms with van der Waals surface area (Å²) >= 11 is 0. The molecule has 208 valence electrons. The van der Waals surface area contributed by atoms with Gasteiger partial charge in [-0.3, -0.25) is 14.6 Å². The molecule has 0 radical (unpaired) electrons. The van der Waals surface area contributed by atoms with E-state index in [4.69, 9.17) is 10.2 Å². The number of benzene rings is 3. The number of fused-ring (bicyclic) bond motifs is 2. The second-order valence-corrected chi connectivity index (χ2v) is 9.22. The summed E-state index contributed by atoms with van der Waals surface area (Å²) in [4.78, 5) is 40.9. The minimum absolute atomic E-state index is 0.00752. The molecule has 1 aliphatic carbocycles. The fourth-order valence-electron chi connectivity index (χ4n) is 4.51. The van der Waals surface area contributed by atoms with Crippen LogP contribution in [0.5, 0.6) is 5.75 Å². The maximum absolute atomic E-state index is 12.5. The van der Waals surface area contributed by atoms with E-state index in [1.54, 1.807) is 38.4 Å². The lowest BCUT2D eigenvalue weighted by molar-refractivity contribution is -0.122. The molecular formula is C29H31N5O6. The van der Waals surface area contributed by atoms with Crippen molar-refractivity contribution in [2.75, 3.05) is 20.6 Å². The van der Waals surface area contributed by atoms with Crippen LogP contribution >= 0.6 is 0 Å². The van der Waals surface area contributed by atoms with Gasteiger partial charge in [0, 0.05) is 55.8 Å². The van der Waals surface area contributed by atoms with Gasteiger partial charge < -0.3 is 36.3 Å². The maximum Gasteiger partial charge on any atom is 0.336 e. The van der Waals surface area contributed by atoms with E-state index in [1.807, 2.05) is 0 Å². The average Bonchev–Trinajstić information content (AvgIpc) is 2.94. The van der Waals surface area contributed by atoms with Gasteiger partial charge in [-0.1, -0.05) is 12.1 Å². The highest BCUT2D eigenvalue weighted by Gasteiger charge is 2.22. The number of guanidine groups is 1. The molecule has 11 nitrogen and oxygen atoms in total. The Morgan fingerprint density at radius 1 is 1.05 bits per heavy atom. The van der Waals surface area contributed by atoms with Crippen molar-refractivity contribution in [3.63, 3.8) is 0 Å². The number of carboxylic acids is 1. The van der Waals surface area contributed by atoms with Crippen molar-refractivity contribution in [3.05, 3.63) is 75.9 Å². The molecule has 11 heteroatoms. The molecule has 1 atom stereocenters. The highest BCUT2D eigenvalue weighted by atomic mass is 16.4. The number of nitrogens with two attached hydrogens (primary N) is 1. The summed E-state index contributed by atoms with van der Waals surface area (Å²) in [6.07, 6.45) is 1.11. The van der Waals surface area contributed by atoms with E-state index in [-0.39, 0.29) is 35.0 Å². The van der Waals surface area contributed by atoms with Crippen molar-refractivity contribution in [1.29, 1.82) is 0 Å². The number of aliphatic imine (C=N–C) groups is 1. The molecule has 7 N–H and O–H groups in total. The van der Waals surface area contributed by atoms with Crippen molar-refractivity contribution in [3.8, 4) is 28.2 Å². The number of phenolic OH excluding ortho intramolecular Hbond substituents is 1. The third-order valence-electron chi connectivity index (χ3n) is 6.51. The van der Waals surface area contributed by atoms with Crippen molar-refractivity contribution >= 4 is 28.8 Å². The lowest BCUT2D eigenvalue weighted by atomic mass is 9.90. The van der Waals surface area contributed by atoms with E-state index in [0.29, 0.717) is 58.6 Å². The van der Waals surface area contributed by atoms with E-state index in [0.717, 1.165) is 0 Å². The number of phenols is 1. The van der Waals surface area contributed by atoms with Gasteiger partial charge in [0.05, 0.1) is 11.6 Å². The molecule has 40 heavy (non-hydrogen) atoms. The van der Waals surface area contributed by atoms with Crippen LogP contribution in [0.2, 0.25) is 0 Å². The highest BCUT2D eigenvalue weighted by molar-refractivity contribution is 6.07. The summed E-state index contributed by atoms with van der Waals surface area (Å²) in [6.45, 7) is 0.695. The van der Waals surface area contributed by atoms with Crippen LogP contribution in [0.4, 0.5) is 0 Å². The van der Waals surface area contributed by atoms with Crippen LogP contribution < -0.4 is 27.1 Å². The molecule has 0 bridgehead atoms. The van der Waals surface area contributed by atoms with Gasteiger partial charge in [0.15, 0.2) is 11.4 Å². The molecule has 0 fully saturated rings. The van der Waals surface area contributed by atoms with E-state index >= 15 is 0 Å². The number of nitrogens with zero attached hydrogens (tertiary/aromatic N) is 1. The van der Waals surface area contributed by atoms with Crippen molar-refractivity contribution in [1.82, 2.24) is 16.0 Å². The summed E-state index contributed by atoms with van der Waals surface area (Å²) in [6, 6.07) is 13.0. The van der Waals surface area contributed by atoms with Gasteiger partial charge in [0.25, 0.3) is 0 Å². The number of carbonyl (C=O) groups is 2. The summed E-state index contributed by atoms with van der Waals surface area (Å²) in [5.74, 6) is -0.619. The topological polar surface area (TPSA) is 179 Å². The number of rotatable bonds is 9. The van der Waals surface area contributed by atoms with Crippen LogP contribution in [-0.4, -0.2) is 54.7 Å². The number of carbonyl (C=O) groups excluding carboxylic acids is 1. The first-order valence-electron chi connectivity index (χ1n) is 12.7. The van der Waals surface area contributed by atoms with Crippen molar-refractivity contribution in [2.45, 2.75) is 25.4 Å². The van der Waals surface area contributed by atoms with Crippen LogP contribution in [0.1, 0.15) is 28.8 Å². The monoisotopic (exact) mass is 545 g/mol. The third-order valence-corrected chi connectivity index (χ3v) is 6.51. The smallest absolute Gasteiger partial charge is 0.336 e.